The minimum Gasteiger partial charge on any atom is -0.465 e. The Morgan fingerprint density at radius 2 is 2.25 bits per heavy atom. The first kappa shape index (κ1) is 14.3. The molecule has 1 aliphatic rings. The van der Waals surface area contributed by atoms with Crippen LogP contribution in [-0.2, 0) is 4.79 Å². The lowest BCUT2D eigenvalue weighted by atomic mass is 9.85. The van der Waals surface area contributed by atoms with Crippen molar-refractivity contribution in [1.82, 2.24) is 0 Å². The van der Waals surface area contributed by atoms with Crippen molar-refractivity contribution >= 4 is 5.97 Å². The van der Waals surface area contributed by atoms with E-state index in [1.807, 2.05) is 13.0 Å². The van der Waals surface area contributed by atoms with Crippen LogP contribution in [0, 0.1) is 12.8 Å². The molecule has 1 aliphatic carbocycles. The van der Waals surface area contributed by atoms with Crippen LogP contribution in [0.4, 0.5) is 0 Å². The Morgan fingerprint density at radius 3 is 2.80 bits per heavy atom. The first-order valence-electron chi connectivity index (χ1n) is 6.64. The molecule has 0 N–H and O–H groups in total. The van der Waals surface area contributed by atoms with Crippen LogP contribution >= 0.6 is 0 Å². The fourth-order valence-electron chi connectivity index (χ4n) is 2.25. The van der Waals surface area contributed by atoms with Crippen LogP contribution in [0.25, 0.3) is 0 Å². The van der Waals surface area contributed by atoms with Crippen molar-refractivity contribution in [2.75, 3.05) is 0 Å². The molecule has 1 aromatic rings. The topological polar surface area (TPSA) is 56.5 Å². The van der Waals surface area contributed by atoms with Gasteiger partial charge in [-0.2, -0.15) is 0 Å². The van der Waals surface area contributed by atoms with E-state index in [-0.39, 0.29) is 11.2 Å². The molecule has 0 saturated heterocycles. The summed E-state index contributed by atoms with van der Waals surface area (Å²) in [5.74, 6) is 0.240. The van der Waals surface area contributed by atoms with Gasteiger partial charge >= 0.3 is 5.97 Å². The Hall–Kier alpha value is -2.10. The summed E-state index contributed by atoms with van der Waals surface area (Å²) < 4.78 is 10.2. The van der Waals surface area contributed by atoms with Crippen molar-refractivity contribution in [2.45, 2.75) is 33.1 Å². The van der Waals surface area contributed by atoms with E-state index in [0.29, 0.717) is 23.7 Å². The molecule has 0 radical (unpaired) electrons. The van der Waals surface area contributed by atoms with Crippen molar-refractivity contribution in [1.29, 1.82) is 0 Å². The third-order valence-corrected chi connectivity index (χ3v) is 3.57. The van der Waals surface area contributed by atoms with Gasteiger partial charge in [0.25, 0.3) is 0 Å². The molecule has 0 fully saturated rings. The fourth-order valence-corrected chi connectivity index (χ4v) is 2.25. The number of esters is 1. The molecule has 20 heavy (non-hydrogen) atoms. The molecule has 0 unspecified atom stereocenters. The van der Waals surface area contributed by atoms with Crippen LogP contribution in [-0.4, -0.2) is 5.97 Å². The zero-order valence-electron chi connectivity index (χ0n) is 11.8. The Balaban J connectivity index is 2.10. The smallest absolute Gasteiger partial charge is 0.339 e. The van der Waals surface area contributed by atoms with E-state index in [1.165, 1.54) is 12.3 Å². The van der Waals surface area contributed by atoms with E-state index in [9.17, 15) is 9.59 Å². The van der Waals surface area contributed by atoms with Gasteiger partial charge in [0, 0.05) is 11.6 Å². The van der Waals surface area contributed by atoms with E-state index in [4.69, 9.17) is 9.15 Å². The summed E-state index contributed by atoms with van der Waals surface area (Å²) in [5.41, 5.74) is 1.40. The molecular formula is C16H18O4. The molecule has 0 aromatic carbocycles. The van der Waals surface area contributed by atoms with Gasteiger partial charge in [0.1, 0.15) is 5.76 Å². The third kappa shape index (κ3) is 3.07. The molecule has 4 heteroatoms. The lowest BCUT2D eigenvalue weighted by Gasteiger charge is -2.21. The summed E-state index contributed by atoms with van der Waals surface area (Å²) in [5, 5.41) is 0. The maximum Gasteiger partial charge on any atom is 0.339 e. The van der Waals surface area contributed by atoms with Gasteiger partial charge in [0.2, 0.25) is 11.2 Å². The normalized spacial score (nSPS) is 18.3. The van der Waals surface area contributed by atoms with Crippen molar-refractivity contribution in [2.24, 2.45) is 5.92 Å². The standard InChI is InChI=1S/C16H18O4/c1-10(2)12-4-6-13(7-5-12)16(18)20-15-11(3)19-9-8-14(15)17/h6,8-9,12H,1,4-5,7H2,2-3H3/t12-/m1/s1. The maximum atomic E-state index is 12.1. The molecule has 1 aromatic heterocycles. The number of carbonyl (C=O) groups is 1. The van der Waals surface area contributed by atoms with E-state index < -0.39 is 5.97 Å². The highest BCUT2D eigenvalue weighted by molar-refractivity contribution is 5.90. The highest BCUT2D eigenvalue weighted by atomic mass is 16.5. The molecule has 0 spiro atoms. The van der Waals surface area contributed by atoms with Crippen molar-refractivity contribution in [3.05, 3.63) is 52.1 Å². The van der Waals surface area contributed by atoms with Gasteiger partial charge in [-0.15, -0.1) is 0 Å². The quantitative estimate of drug-likeness (QED) is 0.627. The molecule has 106 valence electrons. The summed E-state index contributed by atoms with van der Waals surface area (Å²) in [7, 11) is 0. The van der Waals surface area contributed by atoms with Gasteiger partial charge in [-0.1, -0.05) is 18.2 Å². The molecular weight excluding hydrogens is 256 g/mol. The number of ether oxygens (including phenoxy) is 1. The zero-order valence-corrected chi connectivity index (χ0v) is 11.8. The summed E-state index contributed by atoms with van der Waals surface area (Å²) in [6.45, 7) is 7.53. The summed E-state index contributed by atoms with van der Waals surface area (Å²) in [6.07, 6.45) is 5.49. The molecule has 0 amide bonds. The van der Waals surface area contributed by atoms with Crippen molar-refractivity contribution in [3.8, 4) is 5.75 Å². The molecule has 0 bridgehead atoms. The van der Waals surface area contributed by atoms with Crippen molar-refractivity contribution < 1.29 is 13.9 Å². The second-order valence-corrected chi connectivity index (χ2v) is 5.11. The van der Waals surface area contributed by atoms with Crippen LogP contribution in [0.1, 0.15) is 31.9 Å². The molecule has 1 atom stereocenters. The zero-order chi connectivity index (χ0) is 14.7. The summed E-state index contributed by atoms with van der Waals surface area (Å²) >= 11 is 0. The monoisotopic (exact) mass is 274 g/mol. The van der Waals surface area contributed by atoms with Crippen LogP contribution in [0.15, 0.2) is 45.3 Å². The van der Waals surface area contributed by atoms with Gasteiger partial charge < -0.3 is 9.15 Å². The molecule has 0 aliphatic heterocycles. The van der Waals surface area contributed by atoms with Gasteiger partial charge in [0.15, 0.2) is 0 Å². The minimum absolute atomic E-state index is 0.0274. The largest absolute Gasteiger partial charge is 0.465 e. The maximum absolute atomic E-state index is 12.1. The lowest BCUT2D eigenvalue weighted by molar-refractivity contribution is -0.130. The van der Waals surface area contributed by atoms with Gasteiger partial charge in [-0.05, 0) is 39.0 Å². The fraction of sp³-hybridized carbons (Fsp3) is 0.375. The van der Waals surface area contributed by atoms with Crippen LogP contribution in [0.3, 0.4) is 0 Å². The molecule has 0 saturated carbocycles. The first-order valence-corrected chi connectivity index (χ1v) is 6.64. The average Bonchev–Trinajstić information content (AvgIpc) is 2.43. The Bertz CT molecular complexity index is 622. The predicted molar refractivity (Wildman–Crippen MR) is 75.6 cm³/mol. The van der Waals surface area contributed by atoms with Crippen LogP contribution in [0.2, 0.25) is 0 Å². The summed E-state index contributed by atoms with van der Waals surface area (Å²) in [6, 6.07) is 1.24. The molecule has 1 heterocycles. The van der Waals surface area contributed by atoms with Crippen molar-refractivity contribution in [3.63, 3.8) is 0 Å². The van der Waals surface area contributed by atoms with Crippen LogP contribution in [0.5, 0.6) is 5.75 Å². The third-order valence-electron chi connectivity index (χ3n) is 3.57. The van der Waals surface area contributed by atoms with Crippen LogP contribution < -0.4 is 10.2 Å². The van der Waals surface area contributed by atoms with Gasteiger partial charge in [-0.3, -0.25) is 4.79 Å². The average molecular weight is 274 g/mol. The Kier molecular flexibility index (Phi) is 4.23. The van der Waals surface area contributed by atoms with Gasteiger partial charge in [-0.25, -0.2) is 4.79 Å². The van der Waals surface area contributed by atoms with E-state index in [1.54, 1.807) is 6.92 Å². The number of rotatable bonds is 3. The Labute approximate surface area is 117 Å². The SMILES string of the molecule is C=C(C)[C@@H]1CC=C(C(=O)Oc2c(C)occc2=O)CC1. The predicted octanol–water partition coefficient (Wildman–Crippen LogP) is 3.16. The second-order valence-electron chi connectivity index (χ2n) is 5.11. The van der Waals surface area contributed by atoms with Gasteiger partial charge in [0.05, 0.1) is 6.26 Å². The number of aryl methyl sites for hydroxylation is 1. The molecule has 2 rings (SSSR count). The number of hydrogen-bond acceptors (Lipinski definition) is 4. The van der Waals surface area contributed by atoms with E-state index >= 15 is 0 Å². The van der Waals surface area contributed by atoms with E-state index in [2.05, 4.69) is 6.58 Å². The number of hydrogen-bond donors (Lipinski definition) is 0. The highest BCUT2D eigenvalue weighted by Gasteiger charge is 2.22. The number of carbonyl (C=O) groups excluding carboxylic acids is 1. The van der Waals surface area contributed by atoms with E-state index in [0.717, 1.165) is 18.4 Å². The summed E-state index contributed by atoms with van der Waals surface area (Å²) in [4.78, 5) is 23.7. The minimum atomic E-state index is -0.466. The number of allylic oxidation sites excluding steroid dienone is 2. The molecule has 4 nitrogen and oxygen atoms in total. The second kappa shape index (κ2) is 5.90. The highest BCUT2D eigenvalue weighted by Crippen LogP contribution is 2.29. The first-order chi connectivity index (χ1) is 9.49. The Morgan fingerprint density at radius 1 is 1.50 bits per heavy atom. The lowest BCUT2D eigenvalue weighted by Crippen LogP contribution is -2.19.